The van der Waals surface area contributed by atoms with Crippen LogP contribution in [0.2, 0.25) is 0 Å². The summed E-state index contributed by atoms with van der Waals surface area (Å²) in [4.78, 5) is 17.1. The van der Waals surface area contributed by atoms with E-state index < -0.39 is 10.0 Å². The summed E-state index contributed by atoms with van der Waals surface area (Å²) in [6, 6.07) is 7.98. The Balaban J connectivity index is 1.52. The zero-order valence-corrected chi connectivity index (χ0v) is 16.3. The van der Waals surface area contributed by atoms with Crippen molar-refractivity contribution in [3.8, 4) is 0 Å². The standard InChI is InChI=1S/C18H28N4O3S/c1-20-11-13-21(14-12-20)17-5-3-16(4-6-17)19-18(23)15-7-9-22(10-8-15)26(2,24)25/h3-6,15H,7-14H2,1-2H3,(H,19,23). The second kappa shape index (κ2) is 7.94. The van der Waals surface area contributed by atoms with Crippen LogP contribution in [0.3, 0.4) is 0 Å². The third-order valence-corrected chi connectivity index (χ3v) is 6.60. The van der Waals surface area contributed by atoms with E-state index in [9.17, 15) is 13.2 Å². The van der Waals surface area contributed by atoms with Gasteiger partial charge in [-0.1, -0.05) is 0 Å². The highest BCUT2D eigenvalue weighted by Gasteiger charge is 2.28. The van der Waals surface area contributed by atoms with E-state index in [0.717, 1.165) is 31.9 Å². The third kappa shape index (κ3) is 4.75. The van der Waals surface area contributed by atoms with Crippen LogP contribution in [0.25, 0.3) is 0 Å². The van der Waals surface area contributed by atoms with E-state index in [0.29, 0.717) is 25.9 Å². The first-order valence-corrected chi connectivity index (χ1v) is 11.0. The number of piperazine rings is 1. The topological polar surface area (TPSA) is 73.0 Å². The van der Waals surface area contributed by atoms with E-state index in [1.54, 1.807) is 0 Å². The Bertz CT molecular complexity index is 719. The van der Waals surface area contributed by atoms with E-state index in [4.69, 9.17) is 0 Å². The minimum absolute atomic E-state index is 0.0227. The maximum absolute atomic E-state index is 12.5. The quantitative estimate of drug-likeness (QED) is 0.845. The monoisotopic (exact) mass is 380 g/mol. The molecule has 0 saturated carbocycles. The highest BCUT2D eigenvalue weighted by molar-refractivity contribution is 7.88. The Kier molecular flexibility index (Phi) is 5.84. The summed E-state index contributed by atoms with van der Waals surface area (Å²) in [6.45, 7) is 4.98. The highest BCUT2D eigenvalue weighted by Crippen LogP contribution is 2.23. The average molecular weight is 381 g/mol. The van der Waals surface area contributed by atoms with E-state index in [1.807, 2.05) is 24.3 Å². The summed E-state index contributed by atoms with van der Waals surface area (Å²) >= 11 is 0. The Hall–Kier alpha value is -1.64. The maximum atomic E-state index is 12.5. The molecular formula is C18H28N4O3S. The summed E-state index contributed by atoms with van der Waals surface area (Å²) in [7, 11) is -1.02. The molecule has 144 valence electrons. The van der Waals surface area contributed by atoms with Gasteiger partial charge in [0, 0.05) is 56.6 Å². The molecule has 2 aliphatic rings. The predicted octanol–water partition coefficient (Wildman–Crippen LogP) is 1.05. The van der Waals surface area contributed by atoms with Gasteiger partial charge in [0.25, 0.3) is 0 Å². The number of sulfonamides is 1. The lowest BCUT2D eigenvalue weighted by atomic mass is 9.97. The molecule has 2 aliphatic heterocycles. The van der Waals surface area contributed by atoms with Gasteiger partial charge in [-0.15, -0.1) is 0 Å². The lowest BCUT2D eigenvalue weighted by Crippen LogP contribution is -2.44. The zero-order valence-electron chi connectivity index (χ0n) is 15.5. The smallest absolute Gasteiger partial charge is 0.227 e. The van der Waals surface area contributed by atoms with Crippen LogP contribution in [-0.4, -0.2) is 76.1 Å². The number of nitrogens with zero attached hydrogens (tertiary/aromatic N) is 3. The molecule has 2 saturated heterocycles. The number of hydrogen-bond donors (Lipinski definition) is 1. The van der Waals surface area contributed by atoms with Crippen molar-refractivity contribution in [3.63, 3.8) is 0 Å². The molecule has 2 fully saturated rings. The van der Waals surface area contributed by atoms with Gasteiger partial charge >= 0.3 is 0 Å². The molecule has 0 bridgehead atoms. The number of benzene rings is 1. The van der Waals surface area contributed by atoms with Gasteiger partial charge in [-0.2, -0.15) is 0 Å². The van der Waals surface area contributed by atoms with E-state index in [2.05, 4.69) is 22.2 Å². The van der Waals surface area contributed by atoms with Crippen LogP contribution in [0.5, 0.6) is 0 Å². The maximum Gasteiger partial charge on any atom is 0.227 e. The number of likely N-dealkylation sites (N-methyl/N-ethyl adjacent to an activating group) is 1. The third-order valence-electron chi connectivity index (χ3n) is 5.30. The molecule has 1 aromatic carbocycles. The number of carbonyl (C=O) groups is 1. The van der Waals surface area contributed by atoms with Crippen LogP contribution in [0.4, 0.5) is 11.4 Å². The molecule has 0 aromatic heterocycles. The molecule has 7 nitrogen and oxygen atoms in total. The number of carbonyl (C=O) groups excluding carboxylic acids is 1. The molecule has 0 unspecified atom stereocenters. The van der Waals surface area contributed by atoms with Crippen molar-refractivity contribution in [1.29, 1.82) is 0 Å². The number of anilines is 2. The van der Waals surface area contributed by atoms with Gasteiger partial charge in [-0.3, -0.25) is 4.79 Å². The fourth-order valence-corrected chi connectivity index (χ4v) is 4.39. The van der Waals surface area contributed by atoms with Gasteiger partial charge in [-0.05, 0) is 44.2 Å². The van der Waals surface area contributed by atoms with Crippen molar-refractivity contribution >= 4 is 27.3 Å². The summed E-state index contributed by atoms with van der Waals surface area (Å²) in [6.07, 6.45) is 2.35. The van der Waals surface area contributed by atoms with Crippen LogP contribution in [0, 0.1) is 5.92 Å². The summed E-state index contributed by atoms with van der Waals surface area (Å²) in [5, 5.41) is 2.97. The Labute approximate surface area is 156 Å². The highest BCUT2D eigenvalue weighted by atomic mass is 32.2. The second-order valence-corrected chi connectivity index (χ2v) is 9.25. The van der Waals surface area contributed by atoms with Gasteiger partial charge in [0.2, 0.25) is 15.9 Å². The molecule has 0 atom stereocenters. The average Bonchev–Trinajstić information content (AvgIpc) is 2.62. The van der Waals surface area contributed by atoms with Crippen molar-refractivity contribution in [2.45, 2.75) is 12.8 Å². The van der Waals surface area contributed by atoms with Crippen molar-refractivity contribution < 1.29 is 13.2 Å². The first-order valence-electron chi connectivity index (χ1n) is 9.12. The summed E-state index contributed by atoms with van der Waals surface area (Å²) in [5.74, 6) is -0.157. The molecule has 8 heteroatoms. The Morgan fingerprint density at radius 2 is 1.58 bits per heavy atom. The van der Waals surface area contributed by atoms with E-state index in [1.165, 1.54) is 16.2 Å². The van der Waals surface area contributed by atoms with Crippen molar-refractivity contribution in [1.82, 2.24) is 9.21 Å². The minimum atomic E-state index is -3.16. The van der Waals surface area contributed by atoms with Crippen molar-refractivity contribution in [2.24, 2.45) is 5.92 Å². The SMILES string of the molecule is CN1CCN(c2ccc(NC(=O)C3CCN(S(C)(=O)=O)CC3)cc2)CC1. The molecule has 2 heterocycles. The van der Waals surface area contributed by atoms with E-state index in [-0.39, 0.29) is 11.8 Å². The van der Waals surface area contributed by atoms with Gasteiger partial charge in [0.05, 0.1) is 6.26 Å². The molecule has 1 amide bonds. The molecule has 1 N–H and O–H groups in total. The lowest BCUT2D eigenvalue weighted by molar-refractivity contribution is -0.120. The second-order valence-electron chi connectivity index (χ2n) is 7.26. The van der Waals surface area contributed by atoms with Gasteiger partial charge in [0.1, 0.15) is 0 Å². The lowest BCUT2D eigenvalue weighted by Gasteiger charge is -2.34. The molecular weight excluding hydrogens is 352 g/mol. The fraction of sp³-hybridized carbons (Fsp3) is 0.611. The normalized spacial score (nSPS) is 20.9. The van der Waals surface area contributed by atoms with Crippen LogP contribution < -0.4 is 10.2 Å². The summed E-state index contributed by atoms with van der Waals surface area (Å²) in [5.41, 5.74) is 1.97. The number of amides is 1. The molecule has 0 radical (unpaired) electrons. The minimum Gasteiger partial charge on any atom is -0.369 e. The number of nitrogens with one attached hydrogen (secondary N) is 1. The zero-order chi connectivity index (χ0) is 18.7. The first kappa shape index (κ1) is 19.1. The number of rotatable bonds is 4. The number of piperidine rings is 1. The van der Waals surface area contributed by atoms with Crippen LogP contribution in [0.15, 0.2) is 24.3 Å². The number of hydrogen-bond acceptors (Lipinski definition) is 5. The molecule has 3 rings (SSSR count). The molecule has 0 spiro atoms. The summed E-state index contributed by atoms with van der Waals surface area (Å²) < 4.78 is 24.6. The Morgan fingerprint density at radius 3 is 2.12 bits per heavy atom. The van der Waals surface area contributed by atoms with Crippen LogP contribution in [-0.2, 0) is 14.8 Å². The van der Waals surface area contributed by atoms with Crippen LogP contribution in [0.1, 0.15) is 12.8 Å². The van der Waals surface area contributed by atoms with Gasteiger partial charge in [0.15, 0.2) is 0 Å². The predicted molar refractivity (Wildman–Crippen MR) is 104 cm³/mol. The molecule has 26 heavy (non-hydrogen) atoms. The largest absolute Gasteiger partial charge is 0.369 e. The fourth-order valence-electron chi connectivity index (χ4n) is 3.51. The van der Waals surface area contributed by atoms with E-state index >= 15 is 0 Å². The first-order chi connectivity index (χ1) is 12.3. The van der Waals surface area contributed by atoms with Crippen molar-refractivity contribution in [3.05, 3.63) is 24.3 Å². The molecule has 1 aromatic rings. The molecule has 0 aliphatic carbocycles. The van der Waals surface area contributed by atoms with Gasteiger partial charge in [-0.25, -0.2) is 12.7 Å². The van der Waals surface area contributed by atoms with Crippen molar-refractivity contribution in [2.75, 3.05) is 62.8 Å². The van der Waals surface area contributed by atoms with Gasteiger partial charge < -0.3 is 15.1 Å². The Morgan fingerprint density at radius 1 is 1.00 bits per heavy atom. The van der Waals surface area contributed by atoms with Crippen LogP contribution >= 0.6 is 0 Å².